The summed E-state index contributed by atoms with van der Waals surface area (Å²) in [5, 5.41) is 4.34. The van der Waals surface area contributed by atoms with Crippen molar-refractivity contribution in [2.45, 2.75) is 13.3 Å². The lowest BCUT2D eigenvalue weighted by atomic mass is 10.1. The lowest BCUT2D eigenvalue weighted by Crippen LogP contribution is -2.02. The van der Waals surface area contributed by atoms with Crippen molar-refractivity contribution in [2.75, 3.05) is 0 Å². The monoisotopic (exact) mass is 292 g/mol. The summed E-state index contributed by atoms with van der Waals surface area (Å²) >= 11 is 3.44. The predicted octanol–water partition coefficient (Wildman–Crippen LogP) is 2.98. The highest BCUT2D eigenvalue weighted by atomic mass is 79.9. The summed E-state index contributed by atoms with van der Waals surface area (Å²) in [5.74, 6) is 0.0421. The van der Waals surface area contributed by atoms with Crippen molar-refractivity contribution >= 4 is 21.7 Å². The quantitative estimate of drug-likeness (QED) is 0.815. The zero-order chi connectivity index (χ0) is 12.4. The first-order chi connectivity index (χ1) is 8.06. The van der Waals surface area contributed by atoms with Gasteiger partial charge in [0.2, 0.25) is 0 Å². The molecule has 1 aromatic carbocycles. The van der Waals surface area contributed by atoms with Gasteiger partial charge in [-0.05, 0) is 23.8 Å². The van der Waals surface area contributed by atoms with E-state index in [-0.39, 0.29) is 5.78 Å². The van der Waals surface area contributed by atoms with Gasteiger partial charge in [0, 0.05) is 24.9 Å². The van der Waals surface area contributed by atoms with Gasteiger partial charge in [-0.1, -0.05) is 28.1 Å². The number of hydrogen-bond donors (Lipinski definition) is 0. The van der Waals surface area contributed by atoms with Crippen molar-refractivity contribution in [1.29, 1.82) is 0 Å². The Morgan fingerprint density at radius 3 is 2.76 bits per heavy atom. The second-order valence-corrected chi connectivity index (χ2v) is 4.92. The summed E-state index contributed by atoms with van der Waals surface area (Å²) in [7, 11) is 1.79. The molecule has 88 valence electrons. The van der Waals surface area contributed by atoms with Crippen LogP contribution in [-0.2, 0) is 13.5 Å². The smallest absolute Gasteiger partial charge is 0.177 e. The van der Waals surface area contributed by atoms with E-state index >= 15 is 0 Å². The normalized spacial score (nSPS) is 10.5. The van der Waals surface area contributed by atoms with Gasteiger partial charge in [-0.3, -0.25) is 9.48 Å². The molecule has 0 atom stereocenters. The Balaban J connectivity index is 2.25. The van der Waals surface area contributed by atoms with Crippen molar-refractivity contribution in [2.24, 2.45) is 7.05 Å². The summed E-state index contributed by atoms with van der Waals surface area (Å²) in [4.78, 5) is 11.3. The first kappa shape index (κ1) is 12.0. The van der Waals surface area contributed by atoms with Crippen molar-refractivity contribution in [3.8, 4) is 0 Å². The summed E-state index contributed by atoms with van der Waals surface area (Å²) in [6, 6.07) is 9.94. The maximum Gasteiger partial charge on any atom is 0.177 e. The van der Waals surface area contributed by atoms with Gasteiger partial charge in [0.15, 0.2) is 5.78 Å². The number of carbonyl (C=O) groups is 1. The van der Waals surface area contributed by atoms with Gasteiger partial charge < -0.3 is 0 Å². The zero-order valence-electron chi connectivity index (χ0n) is 9.77. The van der Waals surface area contributed by atoms with Crippen molar-refractivity contribution in [3.63, 3.8) is 0 Å². The number of hydrogen-bond acceptors (Lipinski definition) is 2. The summed E-state index contributed by atoms with van der Waals surface area (Å²) in [6.45, 7) is 1.56. The third-order valence-electron chi connectivity index (χ3n) is 2.57. The molecule has 1 heterocycles. The van der Waals surface area contributed by atoms with Gasteiger partial charge >= 0.3 is 0 Å². The molecule has 0 saturated carbocycles. The molecule has 3 nitrogen and oxygen atoms in total. The van der Waals surface area contributed by atoms with Crippen LogP contribution in [0.5, 0.6) is 0 Å². The van der Waals surface area contributed by atoms with E-state index in [1.165, 1.54) is 5.56 Å². The molecule has 17 heavy (non-hydrogen) atoms. The molecule has 0 radical (unpaired) electrons. The molecule has 0 unspecified atom stereocenters. The molecule has 0 N–H and O–H groups in total. The van der Waals surface area contributed by atoms with Gasteiger partial charge in [-0.15, -0.1) is 0 Å². The second kappa shape index (κ2) is 4.84. The van der Waals surface area contributed by atoms with Crippen LogP contribution in [0.25, 0.3) is 0 Å². The van der Waals surface area contributed by atoms with Crippen molar-refractivity contribution in [1.82, 2.24) is 9.78 Å². The largest absolute Gasteiger partial charge is 0.293 e. The Labute approximate surface area is 109 Å². The minimum Gasteiger partial charge on any atom is -0.293 e. The molecular formula is C13H13BrN2O. The molecule has 0 aliphatic carbocycles. The van der Waals surface area contributed by atoms with Gasteiger partial charge in [0.1, 0.15) is 5.69 Å². The van der Waals surface area contributed by atoms with Crippen LogP contribution in [-0.4, -0.2) is 15.6 Å². The fourth-order valence-electron chi connectivity index (χ4n) is 1.80. The number of ketones is 1. The first-order valence-corrected chi connectivity index (χ1v) is 6.14. The number of aromatic nitrogens is 2. The highest BCUT2D eigenvalue weighted by Gasteiger charge is 2.09. The van der Waals surface area contributed by atoms with Gasteiger partial charge in [-0.2, -0.15) is 5.10 Å². The molecule has 2 rings (SSSR count). The number of halogens is 1. The van der Waals surface area contributed by atoms with E-state index in [2.05, 4.69) is 27.1 Å². The van der Waals surface area contributed by atoms with E-state index in [0.29, 0.717) is 5.69 Å². The number of benzene rings is 1. The average Bonchev–Trinajstić information content (AvgIpc) is 2.59. The van der Waals surface area contributed by atoms with Crippen LogP contribution in [0.2, 0.25) is 0 Å². The summed E-state index contributed by atoms with van der Waals surface area (Å²) in [6.07, 6.45) is 0.737. The van der Waals surface area contributed by atoms with E-state index in [1.54, 1.807) is 18.7 Å². The Morgan fingerprint density at radius 2 is 2.18 bits per heavy atom. The average molecular weight is 293 g/mol. The minimum atomic E-state index is 0.0421. The van der Waals surface area contributed by atoms with Crippen LogP contribution in [0.15, 0.2) is 34.8 Å². The first-order valence-electron chi connectivity index (χ1n) is 5.34. The number of nitrogens with zero attached hydrogens (tertiary/aromatic N) is 2. The summed E-state index contributed by atoms with van der Waals surface area (Å²) < 4.78 is 2.69. The Bertz CT molecular complexity index is 560. The molecule has 2 aromatic rings. The van der Waals surface area contributed by atoms with Crippen LogP contribution in [0, 0.1) is 0 Å². The lowest BCUT2D eigenvalue weighted by molar-refractivity contribution is 0.100. The molecule has 0 aliphatic heterocycles. The van der Waals surface area contributed by atoms with Gasteiger partial charge in [0.05, 0.1) is 5.69 Å². The molecule has 1 aromatic heterocycles. The van der Waals surface area contributed by atoms with Gasteiger partial charge in [-0.25, -0.2) is 0 Å². The van der Waals surface area contributed by atoms with Crippen LogP contribution < -0.4 is 0 Å². The second-order valence-electron chi connectivity index (χ2n) is 4.01. The van der Waals surface area contributed by atoms with Crippen LogP contribution in [0.1, 0.15) is 28.7 Å². The molecule has 0 amide bonds. The van der Waals surface area contributed by atoms with E-state index in [9.17, 15) is 4.79 Å². The standard InChI is InChI=1S/C13H13BrN2O/c1-9(17)13-8-12(15-16(13)2)7-10-4-3-5-11(14)6-10/h3-6,8H,7H2,1-2H3. The van der Waals surface area contributed by atoms with Crippen molar-refractivity contribution in [3.05, 3.63) is 51.8 Å². The number of aryl methyl sites for hydroxylation is 1. The van der Waals surface area contributed by atoms with Crippen molar-refractivity contribution < 1.29 is 4.79 Å². The predicted molar refractivity (Wildman–Crippen MR) is 70.2 cm³/mol. The van der Waals surface area contributed by atoms with Crippen LogP contribution in [0.4, 0.5) is 0 Å². The maximum absolute atomic E-state index is 11.3. The minimum absolute atomic E-state index is 0.0421. The number of Topliss-reactive ketones (excluding diaryl/α,β-unsaturated/α-hetero) is 1. The molecule has 0 aliphatic rings. The van der Waals surface area contributed by atoms with Crippen LogP contribution >= 0.6 is 15.9 Å². The highest BCUT2D eigenvalue weighted by Crippen LogP contribution is 2.15. The topological polar surface area (TPSA) is 34.9 Å². The van der Waals surface area contributed by atoms with Crippen LogP contribution in [0.3, 0.4) is 0 Å². The molecule has 0 spiro atoms. The molecule has 0 bridgehead atoms. The maximum atomic E-state index is 11.3. The third-order valence-corrected chi connectivity index (χ3v) is 3.06. The van der Waals surface area contributed by atoms with E-state index in [0.717, 1.165) is 16.6 Å². The summed E-state index contributed by atoms with van der Waals surface area (Å²) in [5.41, 5.74) is 2.73. The number of rotatable bonds is 3. The lowest BCUT2D eigenvalue weighted by Gasteiger charge is -1.98. The zero-order valence-corrected chi connectivity index (χ0v) is 11.4. The SMILES string of the molecule is CC(=O)c1cc(Cc2cccc(Br)c2)nn1C. The van der Waals surface area contributed by atoms with E-state index in [4.69, 9.17) is 0 Å². The Morgan fingerprint density at radius 1 is 1.41 bits per heavy atom. The molecule has 0 fully saturated rings. The Kier molecular flexibility index (Phi) is 3.43. The number of carbonyl (C=O) groups excluding carboxylic acids is 1. The third kappa shape index (κ3) is 2.82. The molecule has 4 heteroatoms. The molecular weight excluding hydrogens is 280 g/mol. The fraction of sp³-hybridized carbons (Fsp3) is 0.231. The van der Waals surface area contributed by atoms with Gasteiger partial charge in [0.25, 0.3) is 0 Å². The highest BCUT2D eigenvalue weighted by molar-refractivity contribution is 9.10. The molecule has 0 saturated heterocycles. The fourth-order valence-corrected chi connectivity index (χ4v) is 2.25. The van der Waals surface area contributed by atoms with E-state index in [1.807, 2.05) is 24.3 Å². The Hall–Kier alpha value is -1.42. The van der Waals surface area contributed by atoms with E-state index < -0.39 is 0 Å².